The van der Waals surface area contributed by atoms with Crippen LogP contribution in [-0.4, -0.2) is 49.2 Å². The van der Waals surface area contributed by atoms with Gasteiger partial charge in [0.1, 0.15) is 11.6 Å². The fourth-order valence-electron chi connectivity index (χ4n) is 3.98. The molecule has 1 aliphatic heterocycles. The van der Waals surface area contributed by atoms with E-state index in [4.69, 9.17) is 28.6 Å². The first kappa shape index (κ1) is 24.9. The van der Waals surface area contributed by atoms with Crippen LogP contribution in [0.3, 0.4) is 0 Å². The van der Waals surface area contributed by atoms with E-state index in [0.717, 1.165) is 43.1 Å². The minimum Gasteiger partial charge on any atom is -0.496 e. The van der Waals surface area contributed by atoms with Crippen molar-refractivity contribution in [2.24, 2.45) is 0 Å². The van der Waals surface area contributed by atoms with Crippen molar-refractivity contribution in [3.8, 4) is 5.75 Å². The standard InChI is InChI=1S/C26H26ClFN4O2S/c1-34-24-11-6-19(27)16-22(24)25(33)30-26(35)29-20-7-9-21(10-8-20)32-14-12-31(13-15-32)17-18-4-2-3-5-23(18)28/h2-11,16H,12-15,17H2,1H3,(H2,29,30,33,35). The number of halogens is 2. The Morgan fingerprint density at radius 1 is 1.06 bits per heavy atom. The highest BCUT2D eigenvalue weighted by Crippen LogP contribution is 2.23. The summed E-state index contributed by atoms with van der Waals surface area (Å²) in [6.07, 6.45) is 0. The normalized spacial score (nSPS) is 13.9. The molecule has 1 fully saturated rings. The number of rotatable bonds is 6. The molecule has 35 heavy (non-hydrogen) atoms. The molecule has 0 unspecified atom stereocenters. The summed E-state index contributed by atoms with van der Waals surface area (Å²) in [5.74, 6) is -0.154. The fraction of sp³-hybridized carbons (Fsp3) is 0.231. The van der Waals surface area contributed by atoms with Gasteiger partial charge in [-0.1, -0.05) is 29.8 Å². The second-order valence-electron chi connectivity index (χ2n) is 8.15. The number of hydrogen-bond donors (Lipinski definition) is 2. The highest BCUT2D eigenvalue weighted by molar-refractivity contribution is 7.80. The molecule has 182 valence electrons. The molecule has 0 aliphatic carbocycles. The molecule has 1 amide bonds. The lowest BCUT2D eigenvalue weighted by molar-refractivity contribution is 0.0975. The van der Waals surface area contributed by atoms with Crippen LogP contribution in [0, 0.1) is 5.82 Å². The number of amides is 1. The monoisotopic (exact) mass is 512 g/mol. The van der Waals surface area contributed by atoms with E-state index in [1.807, 2.05) is 36.4 Å². The van der Waals surface area contributed by atoms with Crippen LogP contribution < -0.4 is 20.3 Å². The van der Waals surface area contributed by atoms with Gasteiger partial charge in [0, 0.05) is 54.7 Å². The minimum atomic E-state index is -0.410. The van der Waals surface area contributed by atoms with Crippen LogP contribution in [0.25, 0.3) is 0 Å². The largest absolute Gasteiger partial charge is 0.496 e. The zero-order chi connectivity index (χ0) is 24.8. The third-order valence-corrected chi connectivity index (χ3v) is 6.29. The van der Waals surface area contributed by atoms with Gasteiger partial charge in [0.15, 0.2) is 5.11 Å². The molecule has 4 rings (SSSR count). The van der Waals surface area contributed by atoms with Crippen LogP contribution in [0.5, 0.6) is 5.75 Å². The van der Waals surface area contributed by atoms with Gasteiger partial charge in [-0.15, -0.1) is 0 Å². The third kappa shape index (κ3) is 6.48. The number of nitrogens with zero attached hydrogens (tertiary/aromatic N) is 2. The second kappa shape index (κ2) is 11.5. The Hall–Kier alpha value is -3.20. The predicted octanol–water partition coefficient (Wildman–Crippen LogP) is 4.94. The number of ether oxygens (including phenoxy) is 1. The molecule has 1 heterocycles. The van der Waals surface area contributed by atoms with Crippen LogP contribution >= 0.6 is 23.8 Å². The second-order valence-corrected chi connectivity index (χ2v) is 9.00. The van der Waals surface area contributed by atoms with Crippen LogP contribution in [0.1, 0.15) is 15.9 Å². The summed E-state index contributed by atoms with van der Waals surface area (Å²) in [7, 11) is 1.49. The summed E-state index contributed by atoms with van der Waals surface area (Å²) in [4.78, 5) is 17.2. The molecular weight excluding hydrogens is 487 g/mol. The van der Waals surface area contributed by atoms with E-state index in [9.17, 15) is 9.18 Å². The Morgan fingerprint density at radius 2 is 1.77 bits per heavy atom. The Morgan fingerprint density at radius 3 is 2.46 bits per heavy atom. The Balaban J connectivity index is 1.28. The first-order chi connectivity index (χ1) is 16.9. The molecule has 0 atom stereocenters. The van der Waals surface area contributed by atoms with Crippen LogP contribution in [0.15, 0.2) is 66.7 Å². The Bertz CT molecular complexity index is 1200. The number of methoxy groups -OCH3 is 1. The van der Waals surface area contributed by atoms with Crippen molar-refractivity contribution in [3.05, 3.63) is 88.7 Å². The number of anilines is 2. The molecule has 0 radical (unpaired) electrons. The van der Waals surface area contributed by atoms with Gasteiger partial charge in [-0.05, 0) is 60.7 Å². The molecule has 0 saturated carbocycles. The number of carbonyl (C=O) groups excluding carboxylic acids is 1. The van der Waals surface area contributed by atoms with Crippen molar-refractivity contribution in [2.75, 3.05) is 43.5 Å². The number of piperazine rings is 1. The lowest BCUT2D eigenvalue weighted by atomic mass is 10.1. The van der Waals surface area contributed by atoms with Gasteiger partial charge in [0.2, 0.25) is 0 Å². The Kier molecular flexibility index (Phi) is 8.17. The topological polar surface area (TPSA) is 56.8 Å². The van der Waals surface area contributed by atoms with E-state index in [1.54, 1.807) is 18.2 Å². The molecular formula is C26H26ClFN4O2S. The molecule has 0 spiro atoms. The molecule has 3 aromatic rings. The van der Waals surface area contributed by atoms with E-state index in [2.05, 4.69) is 20.4 Å². The van der Waals surface area contributed by atoms with E-state index in [0.29, 0.717) is 22.9 Å². The highest BCUT2D eigenvalue weighted by atomic mass is 35.5. The summed E-state index contributed by atoms with van der Waals surface area (Å²) >= 11 is 11.3. The first-order valence-electron chi connectivity index (χ1n) is 11.2. The van der Waals surface area contributed by atoms with E-state index in [1.165, 1.54) is 19.2 Å². The molecule has 0 bridgehead atoms. The lowest BCUT2D eigenvalue weighted by Gasteiger charge is -2.36. The maximum Gasteiger partial charge on any atom is 0.261 e. The average Bonchev–Trinajstić information content (AvgIpc) is 2.86. The summed E-state index contributed by atoms with van der Waals surface area (Å²) < 4.78 is 19.2. The van der Waals surface area contributed by atoms with Gasteiger partial charge in [-0.2, -0.15) is 0 Å². The number of benzene rings is 3. The summed E-state index contributed by atoms with van der Waals surface area (Å²) in [5, 5.41) is 6.28. The quantitative estimate of drug-likeness (QED) is 0.456. The van der Waals surface area contributed by atoms with Crippen molar-refractivity contribution >= 4 is 46.2 Å². The molecule has 6 nitrogen and oxygen atoms in total. The predicted molar refractivity (Wildman–Crippen MR) is 142 cm³/mol. The van der Waals surface area contributed by atoms with Crippen molar-refractivity contribution in [1.82, 2.24) is 10.2 Å². The number of hydrogen-bond acceptors (Lipinski definition) is 5. The molecule has 0 aromatic heterocycles. The van der Waals surface area contributed by atoms with Crippen molar-refractivity contribution in [1.29, 1.82) is 0 Å². The smallest absolute Gasteiger partial charge is 0.261 e. The van der Waals surface area contributed by atoms with Crippen molar-refractivity contribution in [2.45, 2.75) is 6.54 Å². The molecule has 2 N–H and O–H groups in total. The molecule has 1 saturated heterocycles. The summed E-state index contributed by atoms with van der Waals surface area (Å²) in [5.41, 5.74) is 2.89. The Labute approximate surface area is 214 Å². The van der Waals surface area contributed by atoms with Gasteiger partial charge in [-0.25, -0.2) is 4.39 Å². The van der Waals surface area contributed by atoms with Crippen LogP contribution in [0.2, 0.25) is 5.02 Å². The van der Waals surface area contributed by atoms with E-state index < -0.39 is 5.91 Å². The number of nitrogens with one attached hydrogen (secondary N) is 2. The molecule has 3 aromatic carbocycles. The van der Waals surface area contributed by atoms with Crippen LogP contribution in [-0.2, 0) is 6.54 Å². The van der Waals surface area contributed by atoms with Crippen LogP contribution in [0.4, 0.5) is 15.8 Å². The number of thiocarbonyl (C=S) groups is 1. The zero-order valence-electron chi connectivity index (χ0n) is 19.3. The average molecular weight is 513 g/mol. The summed E-state index contributed by atoms with van der Waals surface area (Å²) in [6, 6.07) is 19.6. The number of carbonyl (C=O) groups is 1. The van der Waals surface area contributed by atoms with Crippen molar-refractivity contribution in [3.63, 3.8) is 0 Å². The van der Waals surface area contributed by atoms with E-state index >= 15 is 0 Å². The maximum atomic E-state index is 13.9. The van der Waals surface area contributed by atoms with Gasteiger partial charge >= 0.3 is 0 Å². The zero-order valence-corrected chi connectivity index (χ0v) is 20.8. The highest BCUT2D eigenvalue weighted by Gasteiger charge is 2.19. The van der Waals surface area contributed by atoms with Crippen molar-refractivity contribution < 1.29 is 13.9 Å². The SMILES string of the molecule is COc1ccc(Cl)cc1C(=O)NC(=S)Nc1ccc(N2CCN(Cc3ccccc3F)CC2)cc1. The maximum absolute atomic E-state index is 13.9. The van der Waals surface area contributed by atoms with Gasteiger partial charge in [0.25, 0.3) is 5.91 Å². The molecule has 1 aliphatic rings. The van der Waals surface area contributed by atoms with Gasteiger partial charge < -0.3 is 15.0 Å². The summed E-state index contributed by atoms with van der Waals surface area (Å²) in [6.45, 7) is 4.05. The first-order valence-corrected chi connectivity index (χ1v) is 12.0. The third-order valence-electron chi connectivity index (χ3n) is 5.85. The molecule has 9 heteroatoms. The fourth-order valence-corrected chi connectivity index (χ4v) is 4.36. The van der Waals surface area contributed by atoms with E-state index in [-0.39, 0.29) is 10.9 Å². The van der Waals surface area contributed by atoms with Gasteiger partial charge in [-0.3, -0.25) is 15.0 Å². The van der Waals surface area contributed by atoms with Gasteiger partial charge in [0.05, 0.1) is 12.7 Å². The lowest BCUT2D eigenvalue weighted by Crippen LogP contribution is -2.46. The minimum absolute atomic E-state index is 0.154.